The highest BCUT2D eigenvalue weighted by molar-refractivity contribution is 5.23. The summed E-state index contributed by atoms with van der Waals surface area (Å²) >= 11 is 0. The van der Waals surface area contributed by atoms with Crippen LogP contribution in [0.3, 0.4) is 0 Å². The minimum absolute atomic E-state index is 0.324. The summed E-state index contributed by atoms with van der Waals surface area (Å²) in [5.41, 5.74) is 4.77. The van der Waals surface area contributed by atoms with Gasteiger partial charge in [0.25, 0.3) is 0 Å². The van der Waals surface area contributed by atoms with Crippen molar-refractivity contribution in [3.8, 4) is 0 Å². The molecule has 3 N–H and O–H groups in total. The molecule has 0 spiro atoms. The van der Waals surface area contributed by atoms with Gasteiger partial charge in [-0.3, -0.25) is 0 Å². The SMILES string of the molecule is NCC(c1cc(F)cc(F)c1)C(O)C(F)(F)F. The Kier molecular flexibility index (Phi) is 4.05. The van der Waals surface area contributed by atoms with E-state index in [4.69, 9.17) is 10.8 Å². The largest absolute Gasteiger partial charge is 0.414 e. The smallest absolute Gasteiger partial charge is 0.383 e. The Morgan fingerprint density at radius 3 is 1.94 bits per heavy atom. The van der Waals surface area contributed by atoms with Gasteiger partial charge in [0.05, 0.1) is 0 Å². The van der Waals surface area contributed by atoms with Gasteiger partial charge in [-0.1, -0.05) is 0 Å². The molecule has 1 aromatic rings. The zero-order valence-electron chi connectivity index (χ0n) is 8.51. The zero-order valence-corrected chi connectivity index (χ0v) is 8.51. The highest BCUT2D eigenvalue weighted by Crippen LogP contribution is 2.31. The first-order valence-electron chi connectivity index (χ1n) is 4.66. The Balaban J connectivity index is 3.09. The molecule has 1 aromatic carbocycles. The van der Waals surface area contributed by atoms with Gasteiger partial charge < -0.3 is 10.8 Å². The number of benzene rings is 1. The molecular formula is C10H10F5NO. The number of hydrogen-bond acceptors (Lipinski definition) is 2. The quantitative estimate of drug-likeness (QED) is 0.811. The van der Waals surface area contributed by atoms with Gasteiger partial charge in [-0.2, -0.15) is 13.2 Å². The van der Waals surface area contributed by atoms with E-state index in [2.05, 4.69) is 0 Å². The molecule has 0 amide bonds. The van der Waals surface area contributed by atoms with Crippen LogP contribution in [-0.4, -0.2) is 23.9 Å². The van der Waals surface area contributed by atoms with E-state index in [1.54, 1.807) is 0 Å². The van der Waals surface area contributed by atoms with E-state index in [-0.39, 0.29) is 5.56 Å². The number of halogens is 5. The summed E-state index contributed by atoms with van der Waals surface area (Å²) in [6.07, 6.45) is -7.65. The monoisotopic (exact) mass is 255 g/mol. The topological polar surface area (TPSA) is 46.2 Å². The molecule has 0 fully saturated rings. The molecule has 2 nitrogen and oxygen atoms in total. The second kappa shape index (κ2) is 4.97. The van der Waals surface area contributed by atoms with Gasteiger partial charge in [-0.05, 0) is 17.7 Å². The van der Waals surface area contributed by atoms with Gasteiger partial charge in [0.15, 0.2) is 6.10 Å². The van der Waals surface area contributed by atoms with Crippen LogP contribution in [0.1, 0.15) is 11.5 Å². The molecule has 96 valence electrons. The van der Waals surface area contributed by atoms with Crippen LogP contribution in [0.2, 0.25) is 0 Å². The first-order chi connectivity index (χ1) is 7.75. The van der Waals surface area contributed by atoms with Crippen molar-refractivity contribution in [2.75, 3.05) is 6.54 Å². The van der Waals surface area contributed by atoms with Crippen molar-refractivity contribution in [3.63, 3.8) is 0 Å². The summed E-state index contributed by atoms with van der Waals surface area (Å²) in [7, 11) is 0. The summed E-state index contributed by atoms with van der Waals surface area (Å²) in [4.78, 5) is 0. The number of aliphatic hydroxyl groups is 1. The van der Waals surface area contributed by atoms with E-state index < -0.39 is 36.4 Å². The first kappa shape index (κ1) is 13.9. The van der Waals surface area contributed by atoms with Gasteiger partial charge in [-0.25, -0.2) is 8.78 Å². The predicted octanol–water partition coefficient (Wildman–Crippen LogP) is 1.93. The Labute approximate surface area is 93.9 Å². The van der Waals surface area contributed by atoms with Gasteiger partial charge >= 0.3 is 6.18 Å². The van der Waals surface area contributed by atoms with E-state index in [9.17, 15) is 22.0 Å². The Morgan fingerprint density at radius 2 is 1.59 bits per heavy atom. The maximum atomic E-state index is 12.8. The van der Waals surface area contributed by atoms with Gasteiger partial charge in [0.1, 0.15) is 11.6 Å². The highest BCUT2D eigenvalue weighted by Gasteiger charge is 2.43. The van der Waals surface area contributed by atoms with Crippen LogP contribution in [0, 0.1) is 11.6 Å². The lowest BCUT2D eigenvalue weighted by Crippen LogP contribution is -2.38. The van der Waals surface area contributed by atoms with Crippen LogP contribution >= 0.6 is 0 Å². The van der Waals surface area contributed by atoms with Crippen molar-refractivity contribution >= 4 is 0 Å². The average molecular weight is 255 g/mol. The Hall–Kier alpha value is -1.21. The number of aliphatic hydroxyl groups excluding tert-OH is 1. The van der Waals surface area contributed by atoms with E-state index in [0.717, 1.165) is 12.1 Å². The van der Waals surface area contributed by atoms with Crippen molar-refractivity contribution < 1.29 is 27.1 Å². The Morgan fingerprint density at radius 1 is 1.12 bits per heavy atom. The standard InChI is InChI=1S/C10H10F5NO/c11-6-1-5(2-7(12)3-6)8(4-16)9(17)10(13,14)15/h1-3,8-9,17H,4,16H2. The van der Waals surface area contributed by atoms with E-state index in [0.29, 0.717) is 6.07 Å². The molecular weight excluding hydrogens is 245 g/mol. The molecule has 0 heterocycles. The zero-order chi connectivity index (χ0) is 13.2. The molecule has 0 aliphatic heterocycles. The molecule has 0 aliphatic carbocycles. The third-order valence-electron chi connectivity index (χ3n) is 2.28. The van der Waals surface area contributed by atoms with Gasteiger partial charge in [-0.15, -0.1) is 0 Å². The normalized spacial score (nSPS) is 15.7. The molecule has 0 saturated heterocycles. The predicted molar refractivity (Wildman–Crippen MR) is 50.2 cm³/mol. The molecule has 17 heavy (non-hydrogen) atoms. The molecule has 2 atom stereocenters. The van der Waals surface area contributed by atoms with Crippen LogP contribution in [0.4, 0.5) is 22.0 Å². The number of alkyl halides is 3. The molecule has 1 rings (SSSR count). The number of hydrogen-bond donors (Lipinski definition) is 2. The summed E-state index contributed by atoms with van der Waals surface area (Å²) < 4.78 is 62.5. The fraction of sp³-hybridized carbons (Fsp3) is 0.400. The second-order valence-corrected chi connectivity index (χ2v) is 3.53. The molecule has 0 saturated carbocycles. The van der Waals surface area contributed by atoms with Crippen molar-refractivity contribution in [1.82, 2.24) is 0 Å². The van der Waals surface area contributed by atoms with Crippen molar-refractivity contribution in [3.05, 3.63) is 35.4 Å². The highest BCUT2D eigenvalue weighted by atomic mass is 19.4. The molecule has 0 aromatic heterocycles. The molecule has 0 bridgehead atoms. The van der Waals surface area contributed by atoms with Gasteiger partial charge in [0, 0.05) is 18.5 Å². The minimum atomic E-state index is -4.90. The fourth-order valence-electron chi connectivity index (χ4n) is 1.46. The first-order valence-corrected chi connectivity index (χ1v) is 4.66. The lowest BCUT2D eigenvalue weighted by molar-refractivity contribution is -0.210. The van der Waals surface area contributed by atoms with Gasteiger partial charge in [0.2, 0.25) is 0 Å². The summed E-state index contributed by atoms with van der Waals surface area (Å²) in [5.74, 6) is -3.64. The lowest BCUT2D eigenvalue weighted by Gasteiger charge is -2.24. The van der Waals surface area contributed by atoms with E-state index >= 15 is 0 Å². The van der Waals surface area contributed by atoms with Crippen LogP contribution < -0.4 is 5.73 Å². The number of nitrogens with two attached hydrogens (primary N) is 1. The molecule has 0 radical (unpaired) electrons. The molecule has 0 aliphatic rings. The van der Waals surface area contributed by atoms with Crippen molar-refractivity contribution in [2.45, 2.75) is 18.2 Å². The molecule has 7 heteroatoms. The fourth-order valence-corrected chi connectivity index (χ4v) is 1.46. The third kappa shape index (κ3) is 3.37. The van der Waals surface area contributed by atoms with Crippen LogP contribution in [0.25, 0.3) is 0 Å². The Bertz CT molecular complexity index is 373. The second-order valence-electron chi connectivity index (χ2n) is 3.53. The summed E-state index contributed by atoms with van der Waals surface area (Å²) in [6.45, 7) is -0.580. The average Bonchev–Trinajstić information content (AvgIpc) is 2.15. The van der Waals surface area contributed by atoms with Crippen LogP contribution in [-0.2, 0) is 0 Å². The maximum Gasteiger partial charge on any atom is 0.414 e. The number of rotatable bonds is 3. The third-order valence-corrected chi connectivity index (χ3v) is 2.28. The van der Waals surface area contributed by atoms with Crippen molar-refractivity contribution in [2.24, 2.45) is 5.73 Å². The van der Waals surface area contributed by atoms with E-state index in [1.165, 1.54) is 0 Å². The van der Waals surface area contributed by atoms with E-state index in [1.807, 2.05) is 0 Å². The van der Waals surface area contributed by atoms with Crippen molar-refractivity contribution in [1.29, 1.82) is 0 Å². The lowest BCUT2D eigenvalue weighted by atomic mass is 9.93. The minimum Gasteiger partial charge on any atom is -0.383 e. The van der Waals surface area contributed by atoms with Crippen LogP contribution in [0.5, 0.6) is 0 Å². The van der Waals surface area contributed by atoms with Crippen LogP contribution in [0.15, 0.2) is 18.2 Å². The summed E-state index contributed by atoms with van der Waals surface area (Å²) in [6, 6.07) is 1.96. The maximum absolute atomic E-state index is 12.8. The summed E-state index contributed by atoms with van der Waals surface area (Å²) in [5, 5.41) is 9.03. The molecule has 2 unspecified atom stereocenters.